The normalized spacial score (nSPS) is 15.5. The number of nitrogen functional groups attached to an aromatic ring is 1. The fourth-order valence-electron chi connectivity index (χ4n) is 2.41. The van der Waals surface area contributed by atoms with Gasteiger partial charge in [0.1, 0.15) is 11.6 Å². The Labute approximate surface area is 120 Å². The first-order valence-corrected chi connectivity index (χ1v) is 6.64. The summed E-state index contributed by atoms with van der Waals surface area (Å²) in [6.07, 6.45) is 1.40. The Morgan fingerprint density at radius 3 is 2.33 bits per heavy atom. The van der Waals surface area contributed by atoms with E-state index < -0.39 is 17.0 Å². The summed E-state index contributed by atoms with van der Waals surface area (Å²) in [5.74, 6) is -1.74. The van der Waals surface area contributed by atoms with Crippen LogP contribution >= 0.6 is 0 Å². The number of carbonyl (C=O) groups excluding carboxylic acids is 1. The van der Waals surface area contributed by atoms with Gasteiger partial charge >= 0.3 is 0 Å². The zero-order valence-corrected chi connectivity index (χ0v) is 11.2. The van der Waals surface area contributed by atoms with Gasteiger partial charge in [-0.05, 0) is 42.7 Å². The molecule has 0 radical (unpaired) electrons. The van der Waals surface area contributed by atoms with Crippen LogP contribution in [0.15, 0.2) is 42.5 Å². The van der Waals surface area contributed by atoms with Crippen LogP contribution in [0.1, 0.15) is 18.4 Å². The number of nitrogens with two attached hydrogens (primary N) is 1. The second kappa shape index (κ2) is 4.84. The predicted octanol–water partition coefficient (Wildman–Crippen LogP) is 3.22. The summed E-state index contributed by atoms with van der Waals surface area (Å²) in [5.41, 5.74) is 6.48. The molecular weight excluding hydrogens is 274 g/mol. The van der Waals surface area contributed by atoms with Crippen molar-refractivity contribution >= 4 is 17.3 Å². The SMILES string of the molecule is Nc1ccc(C2(C(=O)Nc3ccc(F)cc3F)CC2)cc1. The molecule has 0 unspecified atom stereocenters. The molecule has 0 atom stereocenters. The largest absolute Gasteiger partial charge is 0.399 e. The highest BCUT2D eigenvalue weighted by Gasteiger charge is 2.51. The lowest BCUT2D eigenvalue weighted by Gasteiger charge is -2.16. The summed E-state index contributed by atoms with van der Waals surface area (Å²) < 4.78 is 26.5. The maximum atomic E-state index is 13.6. The third-order valence-corrected chi connectivity index (χ3v) is 3.83. The summed E-state index contributed by atoms with van der Waals surface area (Å²) in [6.45, 7) is 0. The van der Waals surface area contributed by atoms with E-state index in [0.717, 1.165) is 17.7 Å². The minimum absolute atomic E-state index is 0.0110. The van der Waals surface area contributed by atoms with Crippen LogP contribution in [0.2, 0.25) is 0 Å². The highest BCUT2D eigenvalue weighted by molar-refractivity contribution is 6.01. The second-order valence-corrected chi connectivity index (χ2v) is 5.28. The topological polar surface area (TPSA) is 55.1 Å². The van der Waals surface area contributed by atoms with Crippen molar-refractivity contribution in [1.29, 1.82) is 0 Å². The number of anilines is 2. The third-order valence-electron chi connectivity index (χ3n) is 3.83. The Morgan fingerprint density at radius 2 is 1.76 bits per heavy atom. The first kappa shape index (κ1) is 13.5. The van der Waals surface area contributed by atoms with Gasteiger partial charge < -0.3 is 11.1 Å². The number of halogens is 2. The van der Waals surface area contributed by atoms with E-state index in [1.54, 1.807) is 12.1 Å². The molecular formula is C16H14F2N2O. The number of amides is 1. The van der Waals surface area contributed by atoms with Crippen molar-refractivity contribution in [2.75, 3.05) is 11.1 Å². The Hall–Kier alpha value is -2.43. The highest BCUT2D eigenvalue weighted by Crippen LogP contribution is 2.49. The molecule has 1 aliphatic carbocycles. The van der Waals surface area contributed by atoms with Crippen LogP contribution in [0.4, 0.5) is 20.2 Å². The fraction of sp³-hybridized carbons (Fsp3) is 0.188. The summed E-state index contributed by atoms with van der Waals surface area (Å²) >= 11 is 0. The van der Waals surface area contributed by atoms with Crippen LogP contribution in [-0.4, -0.2) is 5.91 Å². The van der Waals surface area contributed by atoms with Crippen LogP contribution in [0.3, 0.4) is 0 Å². The molecule has 0 bridgehead atoms. The lowest BCUT2D eigenvalue weighted by Crippen LogP contribution is -2.28. The molecule has 3 nitrogen and oxygen atoms in total. The molecule has 0 spiro atoms. The van der Waals surface area contributed by atoms with Crippen LogP contribution in [0.25, 0.3) is 0 Å². The standard InChI is InChI=1S/C16H14F2N2O/c17-11-3-6-14(13(18)9-11)20-15(21)16(7-8-16)10-1-4-12(19)5-2-10/h1-6,9H,7-8,19H2,(H,20,21). The van der Waals surface area contributed by atoms with Gasteiger partial charge in [0.05, 0.1) is 11.1 Å². The van der Waals surface area contributed by atoms with E-state index in [1.165, 1.54) is 6.07 Å². The molecule has 1 amide bonds. The van der Waals surface area contributed by atoms with Gasteiger partial charge in [0, 0.05) is 11.8 Å². The molecule has 3 N–H and O–H groups in total. The maximum absolute atomic E-state index is 13.6. The van der Waals surface area contributed by atoms with E-state index in [9.17, 15) is 13.6 Å². The van der Waals surface area contributed by atoms with E-state index in [2.05, 4.69) is 5.32 Å². The minimum Gasteiger partial charge on any atom is -0.399 e. The van der Waals surface area contributed by atoms with Crippen LogP contribution < -0.4 is 11.1 Å². The van der Waals surface area contributed by atoms with Gasteiger partial charge in [0.15, 0.2) is 0 Å². The molecule has 0 saturated heterocycles. The fourth-order valence-corrected chi connectivity index (χ4v) is 2.41. The molecule has 21 heavy (non-hydrogen) atoms. The van der Waals surface area contributed by atoms with E-state index in [-0.39, 0.29) is 11.6 Å². The summed E-state index contributed by atoms with van der Waals surface area (Å²) in [5, 5.41) is 2.54. The number of carbonyl (C=O) groups is 1. The molecule has 0 aromatic heterocycles. The first-order chi connectivity index (χ1) is 10.0. The predicted molar refractivity (Wildman–Crippen MR) is 76.8 cm³/mol. The summed E-state index contributed by atoms with van der Waals surface area (Å²) in [7, 11) is 0. The molecule has 3 rings (SSSR count). The van der Waals surface area contributed by atoms with E-state index in [0.29, 0.717) is 18.5 Å². The zero-order chi connectivity index (χ0) is 15.0. The molecule has 5 heteroatoms. The van der Waals surface area contributed by atoms with Gasteiger partial charge in [-0.3, -0.25) is 4.79 Å². The maximum Gasteiger partial charge on any atom is 0.235 e. The van der Waals surface area contributed by atoms with E-state index in [1.807, 2.05) is 12.1 Å². The van der Waals surface area contributed by atoms with Crippen LogP contribution in [0.5, 0.6) is 0 Å². The molecule has 2 aromatic carbocycles. The molecule has 1 aliphatic rings. The smallest absolute Gasteiger partial charge is 0.235 e. The van der Waals surface area contributed by atoms with Gasteiger partial charge in [-0.15, -0.1) is 0 Å². The first-order valence-electron chi connectivity index (χ1n) is 6.64. The summed E-state index contributed by atoms with van der Waals surface area (Å²) in [4.78, 5) is 12.4. The van der Waals surface area contributed by atoms with Gasteiger partial charge in [0.25, 0.3) is 0 Å². The van der Waals surface area contributed by atoms with Gasteiger partial charge in [-0.2, -0.15) is 0 Å². The molecule has 108 valence electrons. The van der Waals surface area contributed by atoms with Crippen molar-refractivity contribution in [2.24, 2.45) is 0 Å². The van der Waals surface area contributed by atoms with Crippen molar-refractivity contribution in [2.45, 2.75) is 18.3 Å². The third kappa shape index (κ3) is 2.46. The van der Waals surface area contributed by atoms with Crippen molar-refractivity contribution < 1.29 is 13.6 Å². The van der Waals surface area contributed by atoms with E-state index >= 15 is 0 Å². The van der Waals surface area contributed by atoms with Gasteiger partial charge in [-0.25, -0.2) is 8.78 Å². The Kier molecular flexibility index (Phi) is 3.12. The van der Waals surface area contributed by atoms with Crippen molar-refractivity contribution in [3.8, 4) is 0 Å². The van der Waals surface area contributed by atoms with Crippen molar-refractivity contribution in [3.05, 3.63) is 59.7 Å². The van der Waals surface area contributed by atoms with Gasteiger partial charge in [0.2, 0.25) is 5.91 Å². The number of rotatable bonds is 3. The average Bonchev–Trinajstić information content (AvgIpc) is 3.24. The monoisotopic (exact) mass is 288 g/mol. The molecule has 1 saturated carbocycles. The Morgan fingerprint density at radius 1 is 1.10 bits per heavy atom. The van der Waals surface area contributed by atoms with Gasteiger partial charge in [-0.1, -0.05) is 12.1 Å². The average molecular weight is 288 g/mol. The second-order valence-electron chi connectivity index (χ2n) is 5.28. The summed E-state index contributed by atoms with van der Waals surface area (Å²) in [6, 6.07) is 10.2. The minimum atomic E-state index is -0.781. The molecule has 0 aliphatic heterocycles. The number of hydrogen-bond acceptors (Lipinski definition) is 2. The lowest BCUT2D eigenvalue weighted by atomic mass is 9.94. The molecule has 1 fully saturated rings. The zero-order valence-electron chi connectivity index (χ0n) is 11.2. The van der Waals surface area contributed by atoms with Crippen molar-refractivity contribution in [3.63, 3.8) is 0 Å². The highest BCUT2D eigenvalue weighted by atomic mass is 19.1. The van der Waals surface area contributed by atoms with E-state index in [4.69, 9.17) is 5.73 Å². The van der Waals surface area contributed by atoms with Crippen molar-refractivity contribution in [1.82, 2.24) is 0 Å². The Balaban J connectivity index is 1.83. The Bertz CT molecular complexity index is 694. The molecule has 0 heterocycles. The number of nitrogens with one attached hydrogen (secondary N) is 1. The quantitative estimate of drug-likeness (QED) is 0.852. The number of hydrogen-bond donors (Lipinski definition) is 2. The number of benzene rings is 2. The van der Waals surface area contributed by atoms with Crippen LogP contribution in [0, 0.1) is 11.6 Å². The van der Waals surface area contributed by atoms with Crippen LogP contribution in [-0.2, 0) is 10.2 Å². The molecule has 2 aromatic rings. The lowest BCUT2D eigenvalue weighted by molar-refractivity contribution is -0.118.